The molecule has 18 heavy (non-hydrogen) atoms. The molecule has 0 aliphatic carbocycles. The number of primary amides is 1. The summed E-state index contributed by atoms with van der Waals surface area (Å²) in [5.74, 6) is -0.336. The van der Waals surface area contributed by atoms with E-state index in [0.29, 0.717) is 6.54 Å². The maximum absolute atomic E-state index is 11.1. The number of carbonyl (C=O) groups excluding carboxylic acids is 1. The number of carbonyl (C=O) groups is 1. The molecule has 0 bridgehead atoms. The molecule has 4 nitrogen and oxygen atoms in total. The molecule has 1 atom stereocenters. The molecule has 2 N–H and O–H groups in total. The topological polar surface area (TPSA) is 60.9 Å². The van der Waals surface area contributed by atoms with Gasteiger partial charge in [0.2, 0.25) is 5.91 Å². The molecule has 0 radical (unpaired) electrons. The summed E-state index contributed by atoms with van der Waals surface area (Å²) >= 11 is 1.37. The number of nitrogens with zero attached hydrogens (tertiary/aromatic N) is 2. The number of para-hydroxylation sites is 2. The molecule has 1 aromatic heterocycles. The molecule has 5 heteroatoms. The fourth-order valence-electron chi connectivity index (χ4n) is 1.67. The lowest BCUT2D eigenvalue weighted by Gasteiger charge is -2.08. The van der Waals surface area contributed by atoms with Gasteiger partial charge in [-0.05, 0) is 19.1 Å². The number of hydrogen-bond acceptors (Lipinski definition) is 3. The summed E-state index contributed by atoms with van der Waals surface area (Å²) in [5.41, 5.74) is 7.24. The van der Waals surface area contributed by atoms with Gasteiger partial charge >= 0.3 is 0 Å². The summed E-state index contributed by atoms with van der Waals surface area (Å²) < 4.78 is 2.03. The highest BCUT2D eigenvalue weighted by Gasteiger charge is 2.16. The first-order valence-electron chi connectivity index (χ1n) is 5.65. The molecule has 0 aliphatic rings. The molecule has 94 valence electrons. The molecule has 1 amide bonds. The Labute approximate surface area is 110 Å². The normalized spacial score (nSPS) is 12.5. The zero-order valence-electron chi connectivity index (χ0n) is 10.2. The molecular formula is C13H15N3OS. The molecule has 1 heterocycles. The Morgan fingerprint density at radius 1 is 1.61 bits per heavy atom. The van der Waals surface area contributed by atoms with Crippen molar-refractivity contribution in [2.24, 2.45) is 5.73 Å². The van der Waals surface area contributed by atoms with E-state index in [9.17, 15) is 4.79 Å². The van der Waals surface area contributed by atoms with Crippen molar-refractivity contribution in [2.45, 2.75) is 23.9 Å². The Balaban J connectivity index is 2.45. The van der Waals surface area contributed by atoms with Crippen molar-refractivity contribution in [1.29, 1.82) is 0 Å². The molecule has 2 aromatic rings. The van der Waals surface area contributed by atoms with E-state index in [0.717, 1.165) is 16.2 Å². The predicted octanol–water partition coefficient (Wildman–Crippen LogP) is 2.19. The quantitative estimate of drug-likeness (QED) is 0.663. The van der Waals surface area contributed by atoms with Crippen LogP contribution < -0.4 is 5.73 Å². The van der Waals surface area contributed by atoms with E-state index in [1.165, 1.54) is 11.8 Å². The van der Waals surface area contributed by atoms with Gasteiger partial charge in [-0.3, -0.25) is 4.79 Å². The van der Waals surface area contributed by atoms with Crippen LogP contribution in [0.2, 0.25) is 0 Å². The van der Waals surface area contributed by atoms with E-state index in [-0.39, 0.29) is 11.2 Å². The number of aromatic nitrogens is 2. The number of fused-ring (bicyclic) bond motifs is 1. The molecular weight excluding hydrogens is 246 g/mol. The molecule has 1 aromatic carbocycles. The lowest BCUT2D eigenvalue weighted by molar-refractivity contribution is -0.117. The number of allylic oxidation sites excluding steroid dienone is 1. The Morgan fingerprint density at radius 3 is 3.00 bits per heavy atom. The summed E-state index contributed by atoms with van der Waals surface area (Å²) in [6.07, 6.45) is 1.81. The van der Waals surface area contributed by atoms with Gasteiger partial charge in [0, 0.05) is 6.54 Å². The van der Waals surface area contributed by atoms with Crippen molar-refractivity contribution < 1.29 is 4.79 Å². The largest absolute Gasteiger partial charge is 0.369 e. The van der Waals surface area contributed by atoms with Gasteiger partial charge in [0.1, 0.15) is 0 Å². The highest BCUT2D eigenvalue weighted by Crippen LogP contribution is 2.27. The van der Waals surface area contributed by atoms with Gasteiger partial charge in [0.25, 0.3) is 0 Å². The number of amides is 1. The van der Waals surface area contributed by atoms with Crippen LogP contribution >= 0.6 is 11.8 Å². The van der Waals surface area contributed by atoms with Gasteiger partial charge in [-0.2, -0.15) is 0 Å². The van der Waals surface area contributed by atoms with Crippen LogP contribution in [0.15, 0.2) is 42.1 Å². The van der Waals surface area contributed by atoms with E-state index in [4.69, 9.17) is 5.73 Å². The summed E-state index contributed by atoms with van der Waals surface area (Å²) in [4.78, 5) is 15.7. The highest BCUT2D eigenvalue weighted by atomic mass is 32.2. The molecule has 0 fully saturated rings. The van der Waals surface area contributed by atoms with Crippen LogP contribution in [0.1, 0.15) is 6.92 Å². The number of hydrogen-bond donors (Lipinski definition) is 1. The fraction of sp³-hybridized carbons (Fsp3) is 0.231. The first kappa shape index (κ1) is 12.7. The average molecular weight is 261 g/mol. The summed E-state index contributed by atoms with van der Waals surface area (Å²) in [6.45, 7) is 6.19. The molecule has 0 aliphatic heterocycles. The van der Waals surface area contributed by atoms with E-state index in [1.54, 1.807) is 6.92 Å². The van der Waals surface area contributed by atoms with Crippen LogP contribution in [0.5, 0.6) is 0 Å². The number of nitrogens with two attached hydrogens (primary N) is 1. The third kappa shape index (κ3) is 2.41. The van der Waals surface area contributed by atoms with Gasteiger partial charge < -0.3 is 10.3 Å². The zero-order chi connectivity index (χ0) is 13.1. The van der Waals surface area contributed by atoms with Crippen molar-refractivity contribution in [2.75, 3.05) is 0 Å². The molecule has 2 rings (SSSR count). The van der Waals surface area contributed by atoms with Crippen molar-refractivity contribution in [1.82, 2.24) is 9.55 Å². The van der Waals surface area contributed by atoms with E-state index < -0.39 is 0 Å². The van der Waals surface area contributed by atoms with E-state index in [2.05, 4.69) is 11.6 Å². The summed E-state index contributed by atoms with van der Waals surface area (Å²) in [6, 6.07) is 7.87. The van der Waals surface area contributed by atoms with Crippen LogP contribution in [0.3, 0.4) is 0 Å². The fourth-order valence-corrected chi connectivity index (χ4v) is 2.55. The van der Waals surface area contributed by atoms with Crippen molar-refractivity contribution in [3.8, 4) is 0 Å². The second-order valence-electron chi connectivity index (χ2n) is 3.94. The Bertz CT molecular complexity index is 591. The van der Waals surface area contributed by atoms with Crippen molar-refractivity contribution in [3.05, 3.63) is 36.9 Å². The minimum atomic E-state index is -0.336. The first-order chi connectivity index (χ1) is 8.63. The summed E-state index contributed by atoms with van der Waals surface area (Å²) in [7, 11) is 0. The van der Waals surface area contributed by atoms with E-state index in [1.807, 2.05) is 34.9 Å². The maximum atomic E-state index is 11.1. The smallest absolute Gasteiger partial charge is 0.230 e. The van der Waals surface area contributed by atoms with Crippen LogP contribution in [-0.2, 0) is 11.3 Å². The number of thioether (sulfide) groups is 1. The van der Waals surface area contributed by atoms with Gasteiger partial charge in [-0.1, -0.05) is 30.0 Å². The highest BCUT2D eigenvalue weighted by molar-refractivity contribution is 8.00. The number of benzene rings is 1. The van der Waals surface area contributed by atoms with Crippen LogP contribution in [0.4, 0.5) is 0 Å². The lowest BCUT2D eigenvalue weighted by atomic mass is 10.3. The van der Waals surface area contributed by atoms with Gasteiger partial charge in [-0.25, -0.2) is 4.98 Å². The van der Waals surface area contributed by atoms with E-state index >= 15 is 0 Å². The second-order valence-corrected chi connectivity index (χ2v) is 5.25. The molecule has 0 unspecified atom stereocenters. The standard InChI is InChI=1S/C13H15N3OS/c1-3-8-16-11-7-5-4-6-10(11)15-13(16)18-9(2)12(14)17/h3-7,9H,1,8H2,2H3,(H2,14,17)/t9-/m1/s1. The first-order valence-corrected chi connectivity index (χ1v) is 6.53. The predicted molar refractivity (Wildman–Crippen MR) is 74.4 cm³/mol. The molecule has 0 spiro atoms. The van der Waals surface area contributed by atoms with Gasteiger partial charge in [-0.15, -0.1) is 6.58 Å². The Kier molecular flexibility index (Phi) is 3.72. The van der Waals surface area contributed by atoms with Crippen molar-refractivity contribution in [3.63, 3.8) is 0 Å². The minimum Gasteiger partial charge on any atom is -0.369 e. The van der Waals surface area contributed by atoms with Gasteiger partial charge in [0.15, 0.2) is 5.16 Å². The third-order valence-electron chi connectivity index (χ3n) is 2.61. The Morgan fingerprint density at radius 2 is 2.33 bits per heavy atom. The third-order valence-corrected chi connectivity index (χ3v) is 3.72. The molecule has 0 saturated carbocycles. The second kappa shape index (κ2) is 5.27. The Hall–Kier alpha value is -1.75. The lowest BCUT2D eigenvalue weighted by Crippen LogP contribution is -2.23. The van der Waals surface area contributed by atoms with Crippen LogP contribution in [0, 0.1) is 0 Å². The monoisotopic (exact) mass is 261 g/mol. The van der Waals surface area contributed by atoms with Crippen LogP contribution in [0.25, 0.3) is 11.0 Å². The van der Waals surface area contributed by atoms with Crippen LogP contribution in [-0.4, -0.2) is 20.7 Å². The minimum absolute atomic E-state index is 0.301. The maximum Gasteiger partial charge on any atom is 0.230 e. The van der Waals surface area contributed by atoms with Gasteiger partial charge in [0.05, 0.1) is 16.3 Å². The number of rotatable bonds is 5. The van der Waals surface area contributed by atoms with Crippen molar-refractivity contribution >= 4 is 28.7 Å². The number of imidazole rings is 1. The summed E-state index contributed by atoms with van der Waals surface area (Å²) in [5, 5.41) is 0.493. The zero-order valence-corrected chi connectivity index (χ0v) is 11.0. The SMILES string of the molecule is C=CCn1c(S[C@H](C)C(N)=O)nc2ccccc21. The molecule has 0 saturated heterocycles. The average Bonchev–Trinajstić information content (AvgIpc) is 2.68.